The molecular weight excluding hydrogens is 2400 g/mol. The van der Waals surface area contributed by atoms with Gasteiger partial charge in [0.2, 0.25) is 0 Å². The van der Waals surface area contributed by atoms with Gasteiger partial charge in [-0.3, -0.25) is 0 Å². The Bertz CT molecular complexity index is 7420. The first-order chi connectivity index (χ1) is 73.5. The summed E-state index contributed by atoms with van der Waals surface area (Å²) in [5, 5.41) is 0. The molecular formula is C122H97F3Ir4N8-8. The molecule has 0 aliphatic heterocycles. The molecule has 0 amide bonds. The van der Waals surface area contributed by atoms with Crippen molar-refractivity contribution in [2.45, 2.75) is 59.8 Å². The summed E-state index contributed by atoms with van der Waals surface area (Å²) in [5.74, 6) is -8.49. The van der Waals surface area contributed by atoms with Crippen molar-refractivity contribution in [1.82, 2.24) is 39.9 Å². The first-order valence-electron chi connectivity index (χ1n) is 52.3. The van der Waals surface area contributed by atoms with Gasteiger partial charge in [0.25, 0.3) is 0 Å². The quantitative estimate of drug-likeness (QED) is 0.0882. The zero-order valence-electron chi connectivity index (χ0n) is 94.2. The van der Waals surface area contributed by atoms with Crippen LogP contribution < -0.4 is 0 Å². The Labute approximate surface area is 888 Å². The second-order valence-corrected chi connectivity index (χ2v) is 28.7. The molecule has 20 rings (SSSR count). The standard InChI is InChI=1S/C21H19FN.C20H17FN.C19H15FN.C17H12N.C12H10N.3C11H8N.4Ir/c1-15(2)12-19-13-17(8-9-20(19)22)18-10-11-23-21(14-18)16-6-4-3-5-7-16;1-14(2)18-12-16(8-9-19(18)21)17-10-11-22-20(13-17)15-6-4-3-5-7-15;1-2-14-12-16(8-9-18(14)20)17-10-11-21-19(13-17)15-6-4-3-5-7-15;1-3-7-14(8-4-1)16-11-12-17(18-13-16)15-9-5-2-6-10-15;1-10-7-8-12(13-9-10)11-5-3-2-4-6-11;3*1-2-6-10(7-3-1)11-8-4-5-9-12-11;;;;/h3-6,8-11,13-15H,12H2,1-2H3;3-6,8-14H,1-2H3;3-6,8-13H,2H2,1H3;1-9,11-13H;2-5,7-9H,1H3;3*1-6,8-9H;;;;/q8*-1;;;;/i1D3,12D2,15D;1D3,2D3,14D;1D3,2D2;;1D3;;;;;;;. The summed E-state index contributed by atoms with van der Waals surface area (Å²) < 4.78 is 204. The van der Waals surface area contributed by atoms with E-state index in [-0.39, 0.29) is 86.0 Å². The van der Waals surface area contributed by atoms with Crippen molar-refractivity contribution < 1.29 is 122 Å². The third kappa shape index (κ3) is 33.6. The van der Waals surface area contributed by atoms with Crippen LogP contribution in [-0.2, 0) is 93.2 Å². The van der Waals surface area contributed by atoms with E-state index in [2.05, 4.69) is 107 Å². The van der Waals surface area contributed by atoms with Crippen molar-refractivity contribution in [1.29, 1.82) is 0 Å². The second kappa shape index (κ2) is 57.8. The van der Waals surface area contributed by atoms with Crippen molar-refractivity contribution >= 4 is 0 Å². The fraction of sp³-hybridized carbons (Fsp3) is 0.0820. The van der Waals surface area contributed by atoms with Crippen LogP contribution in [0.2, 0.25) is 0 Å². The van der Waals surface area contributed by atoms with Crippen LogP contribution in [0.5, 0.6) is 0 Å². The molecule has 8 nitrogen and oxygen atoms in total. The zero-order valence-corrected chi connectivity index (χ0v) is 82.8. The van der Waals surface area contributed by atoms with Gasteiger partial charge in [-0.05, 0) is 216 Å². The zero-order chi connectivity index (χ0) is 110. The minimum Gasteiger partial charge on any atom is -0.305 e. The molecule has 20 aromatic rings. The number of aryl methyl sites for hydroxylation is 2. The predicted octanol–water partition coefficient (Wildman–Crippen LogP) is 30.7. The molecule has 8 heterocycles. The monoisotopic (exact) mass is 2520 g/mol. The van der Waals surface area contributed by atoms with Gasteiger partial charge < -0.3 is 39.9 Å². The number of hydrogen-bond acceptors (Lipinski definition) is 8. The predicted molar refractivity (Wildman–Crippen MR) is 536 cm³/mol. The third-order valence-corrected chi connectivity index (χ3v) is 19.4. The number of pyridine rings is 8. The summed E-state index contributed by atoms with van der Waals surface area (Å²) in [6, 6.07) is 142. The molecule has 15 heteroatoms. The summed E-state index contributed by atoms with van der Waals surface area (Å²) in [5.41, 5.74) is 18.0. The molecule has 690 valence electrons. The van der Waals surface area contributed by atoms with Gasteiger partial charge >= 0.3 is 0 Å². The molecule has 0 aliphatic carbocycles. The fourth-order valence-electron chi connectivity index (χ4n) is 12.9. The Hall–Kier alpha value is -13.8. The number of aromatic nitrogens is 8. The molecule has 0 N–H and O–H groups in total. The molecule has 4 radical (unpaired) electrons. The molecule has 0 aliphatic rings. The Kier molecular flexibility index (Phi) is 33.5. The summed E-state index contributed by atoms with van der Waals surface area (Å²) in [6.07, 6.45) is 7.83. The maximum absolute atomic E-state index is 14.5. The van der Waals surface area contributed by atoms with Gasteiger partial charge in [-0.15, -0.1) is 287 Å². The van der Waals surface area contributed by atoms with Gasteiger partial charge in [0.1, 0.15) is 17.5 Å². The van der Waals surface area contributed by atoms with E-state index in [1.54, 1.807) is 104 Å². The first-order valence-corrected chi connectivity index (χ1v) is 41.8. The van der Waals surface area contributed by atoms with Crippen LogP contribution in [0.15, 0.2) is 444 Å². The SMILES string of the molecule is [2H]C([2H])([2H])C([2H])(C)C([2H])([2H])c1cc(-c2ccnc(-c3[c-]cccc3)c2)ccc1F.[2H]C([2H])([2H])C([2H])([2H])c1cc(-c2ccnc(-c3[c-]cccc3)c2)ccc1F.[2H]C([2H])([2H])C([2H])(c1cc(-c2ccnc(-c3[c-]cccc3)c2)ccc1F)C([2H])([2H])[2H].[2H]C([2H])([2H])c1ccc(-c2[c-]cccc2)nc1.[Ir].[Ir].[Ir].[Ir].[c-]1ccccc1-c1ccc(-c2ccccc2)cn1.[c-]1ccccc1-c1ccccn1.[c-]1ccccc1-c1ccccn1.[c-]1ccccc1-c1ccccn1. The van der Waals surface area contributed by atoms with Gasteiger partial charge in [0.05, 0.1) is 0 Å². The van der Waals surface area contributed by atoms with Crippen LogP contribution in [-0.4, -0.2) is 39.9 Å². The van der Waals surface area contributed by atoms with E-state index in [0.29, 0.717) is 50.5 Å². The van der Waals surface area contributed by atoms with Crippen molar-refractivity contribution in [3.8, 4) is 135 Å². The molecule has 0 saturated heterocycles. The fourth-order valence-corrected chi connectivity index (χ4v) is 12.9. The molecule has 8 aromatic heterocycles. The van der Waals surface area contributed by atoms with E-state index in [0.717, 1.165) is 110 Å². The van der Waals surface area contributed by atoms with E-state index in [9.17, 15) is 13.2 Å². The molecule has 0 fully saturated rings. The van der Waals surface area contributed by atoms with Crippen molar-refractivity contribution in [2.24, 2.45) is 5.89 Å². The van der Waals surface area contributed by atoms with Gasteiger partial charge in [0.15, 0.2) is 0 Å². The summed E-state index contributed by atoms with van der Waals surface area (Å²) in [7, 11) is 0. The van der Waals surface area contributed by atoms with Crippen LogP contribution in [0.25, 0.3) is 135 Å². The number of hydrogen-bond donors (Lipinski definition) is 0. The van der Waals surface area contributed by atoms with Crippen LogP contribution >= 0.6 is 0 Å². The van der Waals surface area contributed by atoms with Crippen LogP contribution in [0.3, 0.4) is 0 Å². The smallest absolute Gasteiger partial charge is 0.126 e. The molecule has 1 atom stereocenters. The van der Waals surface area contributed by atoms with Gasteiger partial charge in [0, 0.05) is 159 Å². The minimum absolute atomic E-state index is 0. The topological polar surface area (TPSA) is 103 Å². The van der Waals surface area contributed by atoms with E-state index >= 15 is 0 Å². The molecule has 0 bridgehead atoms. The van der Waals surface area contributed by atoms with E-state index in [1.165, 1.54) is 48.3 Å². The van der Waals surface area contributed by atoms with Crippen LogP contribution in [0, 0.1) is 78.7 Å². The molecule has 137 heavy (non-hydrogen) atoms. The number of nitrogens with zero attached hydrogens (tertiary/aromatic N) is 8. The third-order valence-electron chi connectivity index (χ3n) is 19.4. The number of rotatable bonds is 16. The Morgan fingerprint density at radius 1 is 0.270 bits per heavy atom. The Morgan fingerprint density at radius 2 is 0.584 bits per heavy atom. The summed E-state index contributed by atoms with van der Waals surface area (Å²) >= 11 is 0. The normalized spacial score (nSPS) is 13.5. The van der Waals surface area contributed by atoms with Crippen molar-refractivity contribution in [2.75, 3.05) is 0 Å². The van der Waals surface area contributed by atoms with Gasteiger partial charge in [-0.1, -0.05) is 162 Å². The number of benzene rings is 12. The van der Waals surface area contributed by atoms with Crippen LogP contribution in [0.4, 0.5) is 13.2 Å². The van der Waals surface area contributed by atoms with Crippen LogP contribution in [0.1, 0.15) is 91.3 Å². The minimum atomic E-state index is -3.26. The number of halogens is 3. The molecule has 0 spiro atoms. The molecule has 0 saturated carbocycles. The summed E-state index contributed by atoms with van der Waals surface area (Å²) in [4.78, 5) is 34.2. The largest absolute Gasteiger partial charge is 0.305 e. The summed E-state index contributed by atoms with van der Waals surface area (Å²) in [6.45, 7) is -13.6. The van der Waals surface area contributed by atoms with E-state index in [1.807, 2.05) is 255 Å². The average molecular weight is 2520 g/mol. The second-order valence-electron chi connectivity index (χ2n) is 28.7. The average Bonchev–Trinajstić information content (AvgIpc) is 0.733. The van der Waals surface area contributed by atoms with Gasteiger partial charge in [-0.25, -0.2) is 13.2 Å². The first kappa shape index (κ1) is 79.4. The van der Waals surface area contributed by atoms with Crippen molar-refractivity contribution in [3.05, 3.63) is 532 Å². The Morgan fingerprint density at radius 3 is 0.905 bits per heavy atom. The molecule has 1 unspecified atom stereocenters. The maximum atomic E-state index is 14.5. The van der Waals surface area contributed by atoms with Gasteiger partial charge in [-0.2, -0.15) is 0 Å². The van der Waals surface area contributed by atoms with Crippen molar-refractivity contribution in [3.63, 3.8) is 0 Å². The Balaban J connectivity index is 0.000000203. The maximum Gasteiger partial charge on any atom is 0.126 e. The van der Waals surface area contributed by atoms with E-state index < -0.39 is 92.9 Å². The molecule has 12 aromatic carbocycles. The van der Waals surface area contributed by atoms with E-state index in [4.69, 9.17) is 28.8 Å².